The summed E-state index contributed by atoms with van der Waals surface area (Å²) in [6, 6.07) is 9.98. The number of hydrogen-bond acceptors (Lipinski definition) is 4. The van der Waals surface area contributed by atoms with Crippen molar-refractivity contribution in [1.82, 2.24) is 0 Å². The first kappa shape index (κ1) is 16.4. The number of nitrogens with zero attached hydrogens (tertiary/aromatic N) is 1. The van der Waals surface area contributed by atoms with Crippen LogP contribution in [0.3, 0.4) is 0 Å². The van der Waals surface area contributed by atoms with Gasteiger partial charge in [0.15, 0.2) is 11.6 Å². The minimum Gasteiger partial charge on any atom is -0.465 e. The van der Waals surface area contributed by atoms with Gasteiger partial charge < -0.3 is 4.74 Å². The molecule has 0 aromatic heterocycles. The van der Waals surface area contributed by atoms with Crippen LogP contribution in [0.15, 0.2) is 42.5 Å². The average Bonchev–Trinajstić information content (AvgIpc) is 2.98. The maximum absolute atomic E-state index is 13.5. The van der Waals surface area contributed by atoms with Crippen LogP contribution in [-0.4, -0.2) is 24.7 Å². The maximum atomic E-state index is 13.5. The number of thioether (sulfide) groups is 1. The summed E-state index contributed by atoms with van der Waals surface area (Å²) in [5.41, 5.74) is 1.44. The van der Waals surface area contributed by atoms with Gasteiger partial charge in [-0.25, -0.2) is 13.6 Å². The third-order valence-electron chi connectivity index (χ3n) is 3.66. The van der Waals surface area contributed by atoms with Gasteiger partial charge in [-0.1, -0.05) is 6.07 Å². The van der Waals surface area contributed by atoms with Gasteiger partial charge in [0.05, 0.1) is 18.4 Å². The lowest BCUT2D eigenvalue weighted by Gasteiger charge is -2.24. The van der Waals surface area contributed by atoms with Crippen molar-refractivity contribution in [2.45, 2.75) is 5.37 Å². The average molecular weight is 349 g/mol. The number of carbonyl (C=O) groups is 2. The number of esters is 1. The molecule has 0 saturated carbocycles. The van der Waals surface area contributed by atoms with Crippen LogP contribution in [-0.2, 0) is 9.53 Å². The molecule has 1 atom stereocenters. The van der Waals surface area contributed by atoms with Crippen molar-refractivity contribution in [3.05, 3.63) is 65.2 Å². The molecule has 0 aliphatic carbocycles. The molecule has 124 valence electrons. The molecule has 1 unspecified atom stereocenters. The van der Waals surface area contributed by atoms with Crippen LogP contribution in [0.4, 0.5) is 14.5 Å². The molecule has 0 spiro atoms. The Labute approximate surface area is 141 Å². The van der Waals surface area contributed by atoms with E-state index in [1.54, 1.807) is 24.3 Å². The zero-order valence-electron chi connectivity index (χ0n) is 12.7. The van der Waals surface area contributed by atoms with E-state index in [-0.39, 0.29) is 11.7 Å². The Kier molecular flexibility index (Phi) is 4.53. The first-order valence-corrected chi connectivity index (χ1v) is 8.13. The van der Waals surface area contributed by atoms with Gasteiger partial charge in [0.25, 0.3) is 0 Å². The zero-order chi connectivity index (χ0) is 17.3. The van der Waals surface area contributed by atoms with Gasteiger partial charge in [-0.05, 0) is 42.0 Å². The molecule has 1 saturated heterocycles. The smallest absolute Gasteiger partial charge is 0.337 e. The number of benzene rings is 2. The molecular formula is C17H13F2NO3S. The molecule has 4 nitrogen and oxygen atoms in total. The van der Waals surface area contributed by atoms with Crippen molar-refractivity contribution in [3.8, 4) is 0 Å². The number of anilines is 1. The van der Waals surface area contributed by atoms with E-state index in [2.05, 4.69) is 4.74 Å². The number of halogens is 2. The molecule has 3 rings (SSSR count). The first-order valence-electron chi connectivity index (χ1n) is 7.08. The van der Waals surface area contributed by atoms with E-state index in [0.29, 0.717) is 16.8 Å². The van der Waals surface area contributed by atoms with Gasteiger partial charge in [0, 0.05) is 5.69 Å². The fraction of sp³-hybridized carbons (Fsp3) is 0.176. The molecule has 1 heterocycles. The molecule has 7 heteroatoms. The van der Waals surface area contributed by atoms with Gasteiger partial charge in [-0.3, -0.25) is 9.69 Å². The number of methoxy groups -OCH3 is 1. The molecule has 2 aromatic rings. The number of carbonyl (C=O) groups excluding carboxylic acids is 2. The van der Waals surface area contributed by atoms with Crippen molar-refractivity contribution >= 4 is 29.3 Å². The molecule has 0 N–H and O–H groups in total. The molecule has 0 radical (unpaired) electrons. The maximum Gasteiger partial charge on any atom is 0.337 e. The summed E-state index contributed by atoms with van der Waals surface area (Å²) in [6.07, 6.45) is 0. The molecule has 1 amide bonds. The number of ether oxygens (including phenoxy) is 1. The highest BCUT2D eigenvalue weighted by Gasteiger charge is 2.34. The molecule has 24 heavy (non-hydrogen) atoms. The minimum absolute atomic E-state index is 0.138. The van der Waals surface area contributed by atoms with Gasteiger partial charge in [-0.2, -0.15) is 0 Å². The van der Waals surface area contributed by atoms with Crippen molar-refractivity contribution < 1.29 is 23.1 Å². The Morgan fingerprint density at radius 1 is 1.17 bits per heavy atom. The van der Waals surface area contributed by atoms with E-state index in [1.807, 2.05) is 0 Å². The lowest BCUT2D eigenvalue weighted by molar-refractivity contribution is -0.115. The van der Waals surface area contributed by atoms with Crippen LogP contribution in [0.5, 0.6) is 0 Å². The Balaban J connectivity index is 1.93. The second kappa shape index (κ2) is 6.60. The third-order valence-corrected chi connectivity index (χ3v) is 4.88. The van der Waals surface area contributed by atoms with Crippen LogP contribution in [0.1, 0.15) is 21.3 Å². The molecule has 1 aliphatic rings. The summed E-state index contributed by atoms with van der Waals surface area (Å²) in [7, 11) is 1.29. The van der Waals surface area contributed by atoms with E-state index in [9.17, 15) is 18.4 Å². The van der Waals surface area contributed by atoms with E-state index >= 15 is 0 Å². The Bertz CT molecular complexity index is 795. The highest BCUT2D eigenvalue weighted by atomic mass is 32.2. The molecule has 0 bridgehead atoms. The van der Waals surface area contributed by atoms with Crippen molar-refractivity contribution in [2.75, 3.05) is 17.8 Å². The summed E-state index contributed by atoms with van der Waals surface area (Å²) in [4.78, 5) is 25.2. The largest absolute Gasteiger partial charge is 0.465 e. The second-order valence-corrected chi connectivity index (χ2v) is 6.21. The van der Waals surface area contributed by atoms with Crippen LogP contribution in [0.2, 0.25) is 0 Å². The Hall–Kier alpha value is -2.41. The number of amides is 1. The number of rotatable bonds is 3. The second-order valence-electron chi connectivity index (χ2n) is 5.14. The minimum atomic E-state index is -0.951. The quantitative estimate of drug-likeness (QED) is 0.796. The van der Waals surface area contributed by atoms with E-state index in [1.165, 1.54) is 29.8 Å². The van der Waals surface area contributed by atoms with Crippen LogP contribution in [0, 0.1) is 11.6 Å². The SMILES string of the molecule is COC(=O)c1ccc(N2C(=O)CSC2c2ccc(F)c(F)c2)cc1. The highest BCUT2D eigenvalue weighted by Crippen LogP contribution is 2.42. The first-order chi connectivity index (χ1) is 11.5. The van der Waals surface area contributed by atoms with E-state index in [4.69, 9.17) is 0 Å². The van der Waals surface area contributed by atoms with Crippen LogP contribution in [0.25, 0.3) is 0 Å². The predicted molar refractivity (Wildman–Crippen MR) is 86.8 cm³/mol. The van der Waals surface area contributed by atoms with E-state index < -0.39 is 23.0 Å². The predicted octanol–water partition coefficient (Wildman–Crippen LogP) is 3.53. The third kappa shape index (κ3) is 2.99. The highest BCUT2D eigenvalue weighted by molar-refractivity contribution is 8.00. The summed E-state index contributed by atoms with van der Waals surface area (Å²) in [5.74, 6) is -2.25. The molecule has 2 aromatic carbocycles. The standard InChI is InChI=1S/C17H13F2NO3S/c1-23-17(22)10-2-5-12(6-3-10)20-15(21)9-24-16(20)11-4-7-13(18)14(19)8-11/h2-8,16H,9H2,1H3. The van der Waals surface area contributed by atoms with Gasteiger partial charge in [-0.15, -0.1) is 11.8 Å². The summed E-state index contributed by atoms with van der Waals surface area (Å²) < 4.78 is 31.3. The van der Waals surface area contributed by atoms with Crippen molar-refractivity contribution in [1.29, 1.82) is 0 Å². The monoisotopic (exact) mass is 349 g/mol. The molecular weight excluding hydrogens is 336 g/mol. The summed E-state index contributed by atoms with van der Waals surface area (Å²) in [5, 5.41) is -0.448. The molecule has 1 aliphatic heterocycles. The normalized spacial score (nSPS) is 17.2. The lowest BCUT2D eigenvalue weighted by atomic mass is 10.1. The van der Waals surface area contributed by atoms with Crippen molar-refractivity contribution in [3.63, 3.8) is 0 Å². The number of hydrogen-bond donors (Lipinski definition) is 0. The fourth-order valence-corrected chi connectivity index (χ4v) is 3.66. The van der Waals surface area contributed by atoms with Gasteiger partial charge in [0.2, 0.25) is 5.91 Å². The van der Waals surface area contributed by atoms with Crippen LogP contribution < -0.4 is 4.90 Å². The topological polar surface area (TPSA) is 46.6 Å². The van der Waals surface area contributed by atoms with Crippen molar-refractivity contribution in [2.24, 2.45) is 0 Å². The summed E-state index contributed by atoms with van der Waals surface area (Å²) >= 11 is 1.33. The fourth-order valence-electron chi connectivity index (χ4n) is 2.49. The Morgan fingerprint density at radius 3 is 2.50 bits per heavy atom. The summed E-state index contributed by atoms with van der Waals surface area (Å²) in [6.45, 7) is 0. The van der Waals surface area contributed by atoms with E-state index in [0.717, 1.165) is 12.1 Å². The molecule has 1 fully saturated rings. The Morgan fingerprint density at radius 2 is 1.88 bits per heavy atom. The zero-order valence-corrected chi connectivity index (χ0v) is 13.5. The lowest BCUT2D eigenvalue weighted by Crippen LogP contribution is -2.27. The van der Waals surface area contributed by atoms with Gasteiger partial charge in [0.1, 0.15) is 5.37 Å². The van der Waals surface area contributed by atoms with Gasteiger partial charge >= 0.3 is 5.97 Å². The van der Waals surface area contributed by atoms with Crippen LogP contribution >= 0.6 is 11.8 Å².